The lowest BCUT2D eigenvalue weighted by atomic mass is 10.1. The first kappa shape index (κ1) is 7.17. The van der Waals surface area contributed by atoms with Crippen LogP contribution in [0.5, 0.6) is 0 Å². The minimum Gasteiger partial charge on any atom is -0.490 e. The standard InChI is InChI=1S/C11H10O/c1-2-12-11-8-7-9-5-3-4-6-10(9)11/h2-8,11H,1H2. The molecule has 0 saturated carbocycles. The maximum absolute atomic E-state index is 5.31. The van der Waals surface area contributed by atoms with Gasteiger partial charge in [0.25, 0.3) is 0 Å². The molecule has 0 saturated heterocycles. The van der Waals surface area contributed by atoms with Crippen LogP contribution in [0.15, 0.2) is 43.2 Å². The van der Waals surface area contributed by atoms with Gasteiger partial charge in [0.15, 0.2) is 0 Å². The number of rotatable bonds is 2. The molecule has 0 fully saturated rings. The van der Waals surface area contributed by atoms with Crippen molar-refractivity contribution >= 4 is 6.08 Å². The van der Waals surface area contributed by atoms with Gasteiger partial charge in [-0.05, 0) is 11.6 Å². The van der Waals surface area contributed by atoms with E-state index in [1.165, 1.54) is 17.4 Å². The molecule has 0 aromatic heterocycles. The highest BCUT2D eigenvalue weighted by atomic mass is 16.5. The van der Waals surface area contributed by atoms with Crippen molar-refractivity contribution in [2.24, 2.45) is 0 Å². The van der Waals surface area contributed by atoms with Crippen molar-refractivity contribution in [2.75, 3.05) is 0 Å². The summed E-state index contributed by atoms with van der Waals surface area (Å²) >= 11 is 0. The third-order valence-electron chi connectivity index (χ3n) is 2.00. The fraction of sp³-hybridized carbons (Fsp3) is 0.0909. The van der Waals surface area contributed by atoms with Crippen molar-refractivity contribution in [1.29, 1.82) is 0 Å². The fourth-order valence-corrected chi connectivity index (χ4v) is 1.44. The van der Waals surface area contributed by atoms with Gasteiger partial charge < -0.3 is 4.74 Å². The topological polar surface area (TPSA) is 9.23 Å². The molecule has 60 valence electrons. The first-order chi connectivity index (χ1) is 5.92. The van der Waals surface area contributed by atoms with Crippen molar-refractivity contribution in [1.82, 2.24) is 0 Å². The van der Waals surface area contributed by atoms with E-state index in [1.807, 2.05) is 18.2 Å². The van der Waals surface area contributed by atoms with Crippen LogP contribution in [0.1, 0.15) is 17.2 Å². The van der Waals surface area contributed by atoms with E-state index in [-0.39, 0.29) is 6.10 Å². The summed E-state index contributed by atoms with van der Waals surface area (Å²) in [6, 6.07) is 8.20. The predicted molar refractivity (Wildman–Crippen MR) is 49.5 cm³/mol. The van der Waals surface area contributed by atoms with Gasteiger partial charge in [-0.3, -0.25) is 0 Å². The Balaban J connectivity index is 2.35. The minimum absolute atomic E-state index is 0.0682. The molecule has 1 aliphatic rings. The predicted octanol–water partition coefficient (Wildman–Crippen LogP) is 2.91. The molecule has 0 aliphatic heterocycles. The second-order valence-electron chi connectivity index (χ2n) is 2.71. The third-order valence-corrected chi connectivity index (χ3v) is 2.00. The first-order valence-corrected chi connectivity index (χ1v) is 3.95. The molecular formula is C11H10O. The minimum atomic E-state index is 0.0682. The van der Waals surface area contributed by atoms with Gasteiger partial charge in [0.05, 0.1) is 6.26 Å². The summed E-state index contributed by atoms with van der Waals surface area (Å²) in [6.07, 6.45) is 5.66. The average molecular weight is 158 g/mol. The molecule has 1 unspecified atom stereocenters. The van der Waals surface area contributed by atoms with Crippen molar-refractivity contribution in [3.8, 4) is 0 Å². The van der Waals surface area contributed by atoms with Crippen molar-refractivity contribution in [3.05, 3.63) is 54.3 Å². The molecule has 0 amide bonds. The van der Waals surface area contributed by atoms with Gasteiger partial charge in [-0.15, -0.1) is 0 Å². The van der Waals surface area contributed by atoms with Gasteiger partial charge in [0, 0.05) is 5.56 Å². The van der Waals surface area contributed by atoms with E-state index < -0.39 is 0 Å². The Morgan fingerprint density at radius 3 is 3.00 bits per heavy atom. The third kappa shape index (κ3) is 1.03. The quantitative estimate of drug-likeness (QED) is 0.601. The van der Waals surface area contributed by atoms with E-state index >= 15 is 0 Å². The molecule has 1 aliphatic carbocycles. The SMILES string of the molecule is C=COC1C=Cc2ccccc21. The highest BCUT2D eigenvalue weighted by molar-refractivity contribution is 5.61. The van der Waals surface area contributed by atoms with Crippen LogP contribution in [-0.4, -0.2) is 0 Å². The van der Waals surface area contributed by atoms with Gasteiger partial charge in [0.2, 0.25) is 0 Å². The normalized spacial score (nSPS) is 18.8. The van der Waals surface area contributed by atoms with E-state index in [9.17, 15) is 0 Å². The molecule has 1 heteroatoms. The maximum atomic E-state index is 5.31. The molecular weight excluding hydrogens is 148 g/mol. The molecule has 2 rings (SSSR count). The van der Waals surface area contributed by atoms with Gasteiger partial charge in [-0.2, -0.15) is 0 Å². The lowest BCUT2D eigenvalue weighted by Crippen LogP contribution is -1.93. The Hall–Kier alpha value is -1.50. The number of fused-ring (bicyclic) bond motifs is 1. The Kier molecular flexibility index (Phi) is 1.71. The zero-order valence-electron chi connectivity index (χ0n) is 6.73. The first-order valence-electron chi connectivity index (χ1n) is 3.95. The van der Waals surface area contributed by atoms with Crippen LogP contribution in [0.3, 0.4) is 0 Å². The number of benzene rings is 1. The average Bonchev–Trinajstić information content (AvgIpc) is 2.50. The van der Waals surface area contributed by atoms with Crippen LogP contribution < -0.4 is 0 Å². The Bertz CT molecular complexity index is 326. The molecule has 0 radical (unpaired) electrons. The molecule has 1 atom stereocenters. The van der Waals surface area contributed by atoms with E-state index in [0.717, 1.165) is 0 Å². The lowest BCUT2D eigenvalue weighted by Gasteiger charge is -2.09. The molecule has 12 heavy (non-hydrogen) atoms. The Morgan fingerprint density at radius 1 is 1.33 bits per heavy atom. The summed E-state index contributed by atoms with van der Waals surface area (Å²) < 4.78 is 5.31. The van der Waals surface area contributed by atoms with Crippen molar-refractivity contribution in [2.45, 2.75) is 6.10 Å². The monoisotopic (exact) mass is 158 g/mol. The zero-order chi connectivity index (χ0) is 8.39. The van der Waals surface area contributed by atoms with Gasteiger partial charge in [-0.1, -0.05) is 36.9 Å². The van der Waals surface area contributed by atoms with Crippen LogP contribution in [0.4, 0.5) is 0 Å². The summed E-state index contributed by atoms with van der Waals surface area (Å²) in [6.45, 7) is 3.54. The number of hydrogen-bond donors (Lipinski definition) is 0. The van der Waals surface area contributed by atoms with Crippen molar-refractivity contribution in [3.63, 3.8) is 0 Å². The second kappa shape index (κ2) is 2.86. The van der Waals surface area contributed by atoms with Crippen LogP contribution in [0.2, 0.25) is 0 Å². The summed E-state index contributed by atoms with van der Waals surface area (Å²) in [4.78, 5) is 0. The lowest BCUT2D eigenvalue weighted by molar-refractivity contribution is 0.194. The molecule has 0 bridgehead atoms. The number of hydrogen-bond acceptors (Lipinski definition) is 1. The van der Waals surface area contributed by atoms with Gasteiger partial charge >= 0.3 is 0 Å². The summed E-state index contributed by atoms with van der Waals surface area (Å²) in [5, 5.41) is 0. The van der Waals surface area contributed by atoms with Crippen LogP contribution >= 0.6 is 0 Å². The number of ether oxygens (including phenoxy) is 1. The molecule has 0 N–H and O–H groups in total. The molecule has 0 heterocycles. The summed E-state index contributed by atoms with van der Waals surface area (Å²) in [5.74, 6) is 0. The van der Waals surface area contributed by atoms with Crippen molar-refractivity contribution < 1.29 is 4.74 Å². The molecule has 0 spiro atoms. The van der Waals surface area contributed by atoms with Gasteiger partial charge in [-0.25, -0.2) is 0 Å². The van der Waals surface area contributed by atoms with E-state index in [2.05, 4.69) is 24.8 Å². The Morgan fingerprint density at radius 2 is 2.17 bits per heavy atom. The van der Waals surface area contributed by atoms with Crippen LogP contribution in [-0.2, 0) is 4.74 Å². The van der Waals surface area contributed by atoms with Gasteiger partial charge in [0.1, 0.15) is 6.10 Å². The van der Waals surface area contributed by atoms with E-state index in [0.29, 0.717) is 0 Å². The highest BCUT2D eigenvalue weighted by Crippen LogP contribution is 2.30. The molecule has 1 aromatic carbocycles. The van der Waals surface area contributed by atoms with Crippen LogP contribution in [0, 0.1) is 0 Å². The largest absolute Gasteiger partial charge is 0.490 e. The van der Waals surface area contributed by atoms with Crippen LogP contribution in [0.25, 0.3) is 6.08 Å². The molecule has 1 aromatic rings. The smallest absolute Gasteiger partial charge is 0.142 e. The summed E-state index contributed by atoms with van der Waals surface area (Å²) in [5.41, 5.74) is 2.46. The fourth-order valence-electron chi connectivity index (χ4n) is 1.44. The highest BCUT2D eigenvalue weighted by Gasteiger charge is 2.15. The van der Waals surface area contributed by atoms with E-state index in [4.69, 9.17) is 4.74 Å². The second-order valence-corrected chi connectivity index (χ2v) is 2.71. The zero-order valence-corrected chi connectivity index (χ0v) is 6.73. The maximum Gasteiger partial charge on any atom is 0.142 e. The van der Waals surface area contributed by atoms with E-state index in [1.54, 1.807) is 0 Å². The summed E-state index contributed by atoms with van der Waals surface area (Å²) in [7, 11) is 0. The Labute approximate surface area is 72.0 Å². The molecule has 1 nitrogen and oxygen atoms in total.